The van der Waals surface area contributed by atoms with Crippen molar-refractivity contribution in [1.29, 1.82) is 0 Å². The number of hydrogen-bond donors (Lipinski definition) is 4. The third-order valence-electron chi connectivity index (χ3n) is 10.1. The van der Waals surface area contributed by atoms with Crippen molar-refractivity contribution in [3.8, 4) is 0 Å². The number of fused-ring (bicyclic) bond motifs is 3. The van der Waals surface area contributed by atoms with Crippen LogP contribution in [0.2, 0.25) is 0 Å². The van der Waals surface area contributed by atoms with Gasteiger partial charge >= 0.3 is 368 Å². The molecule has 3 fully saturated rings. The fourth-order valence-electron chi connectivity index (χ4n) is 7.15. The van der Waals surface area contributed by atoms with Crippen LogP contribution in [0.25, 0.3) is 9.65 Å². The van der Waals surface area contributed by atoms with Crippen LogP contribution in [0.5, 0.6) is 0 Å². The van der Waals surface area contributed by atoms with Gasteiger partial charge in [0.25, 0.3) is 0 Å². The number of rotatable bonds is 5. The van der Waals surface area contributed by atoms with Crippen molar-refractivity contribution in [1.82, 2.24) is 27.3 Å². The number of nitrogens with zero attached hydrogens (tertiary/aromatic N) is 5. The molecule has 4 aromatic rings. The van der Waals surface area contributed by atoms with Crippen molar-refractivity contribution in [2.45, 2.75) is 56.7 Å². The molecule has 0 aliphatic carbocycles. The zero-order chi connectivity index (χ0) is 45.6. The van der Waals surface area contributed by atoms with Crippen molar-refractivity contribution < 1.29 is 62.8 Å². The van der Waals surface area contributed by atoms with Gasteiger partial charge in [-0.2, -0.15) is 0 Å². The monoisotopic (exact) mass is 1090 g/mol. The van der Waals surface area contributed by atoms with Crippen LogP contribution in [0, 0.1) is 20.2 Å². The van der Waals surface area contributed by atoms with Crippen LogP contribution < -0.4 is 36.2 Å². The Morgan fingerprint density at radius 3 is 1.52 bits per heavy atom. The topological polar surface area (TPSA) is 379 Å². The molecule has 1 aromatic heterocycles. The van der Waals surface area contributed by atoms with E-state index in [2.05, 4.69) is 16.0 Å². The largest absolute Gasteiger partial charge is 0 e. The summed E-state index contributed by atoms with van der Waals surface area (Å²) >= 11 is -6.81. The van der Waals surface area contributed by atoms with Crippen LogP contribution in [0.15, 0.2) is 59.4 Å². The Hall–Kier alpha value is -6.79. The number of imide groups is 3. The van der Waals surface area contributed by atoms with Crippen LogP contribution in [-0.2, 0) is 36.4 Å². The molecule has 7 N–H and O–H groups in total. The van der Waals surface area contributed by atoms with Crippen LogP contribution >= 0.6 is 0 Å². The molecule has 5 aliphatic rings. The van der Waals surface area contributed by atoms with Gasteiger partial charge in [-0.05, 0) is 0 Å². The van der Waals surface area contributed by atoms with E-state index < -0.39 is 106 Å². The van der Waals surface area contributed by atoms with Gasteiger partial charge in [0.05, 0.1) is 0 Å². The molecule has 0 spiro atoms. The SMILES string of the molecule is Nc1cccc2c1[Se](=O)N(C1CCC(=O)NC1=O)C2=O.O.O=C1CCC(N2C(=O)c3cccc([N+](=O)[O-])c3[Se]2=O)C(=O)N1.O=C1CCC(n2[se]c3c([N+](=O)[O-])cccc3c2=O)C(=O)N1.[HH]. The molecule has 5 unspecified atom stereocenters. The number of anilines is 1. The number of nitro groups is 2. The Balaban J connectivity index is 0.000000181. The molecule has 3 aromatic carbocycles. The summed E-state index contributed by atoms with van der Waals surface area (Å²) in [6.45, 7) is 0. The van der Waals surface area contributed by atoms with E-state index in [0.717, 1.165) is 7.83 Å². The molecular weight excluding hydrogens is 1050 g/mol. The van der Waals surface area contributed by atoms with E-state index in [1.807, 2.05) is 0 Å². The minimum absolute atomic E-state index is 0. The molecule has 6 heterocycles. The first kappa shape index (κ1) is 46.7. The first-order valence-electron chi connectivity index (χ1n) is 18.4. The molecule has 28 heteroatoms. The van der Waals surface area contributed by atoms with E-state index in [9.17, 15) is 71.0 Å². The Morgan fingerprint density at radius 2 is 1.05 bits per heavy atom. The summed E-state index contributed by atoms with van der Waals surface area (Å²) in [7, 11) is 0. The molecule has 9 rings (SSSR count). The standard InChI is InChI=1S/C12H9N3O6Se.C12H9N3O5Se.C12H11N3O4Se.H2O.H2/c16-9-5-4-8(11(17)13-9)14-12(18)6-2-1-3-7(15(19)20)10(6)22(14)21;16-9-5-4-8(11(17)13-9)14-12(18)6-2-1-3-7(15(19)20)10(6)21-14;13-7-3-1-2-6-10(7)20(19)15(12(6)18)8-4-5-9(16)14-11(8)17;;/h1-3,8H,4-5H2,(H,13,16,17);1-3,8H,4-5H2,(H,13,16,17);1-3,8H,4-5,13H2,(H,14,16,17);1H2;1H. The number of non-ortho nitro benzene ring substituents is 1. The second-order valence-electron chi connectivity index (χ2n) is 13.9. The Bertz CT molecular complexity index is 2890. The van der Waals surface area contributed by atoms with Gasteiger partial charge in [0, 0.05) is 1.43 Å². The number of carbonyl (C=O) groups excluding carboxylic acids is 8. The predicted octanol–water partition coefficient (Wildman–Crippen LogP) is -3.00. The molecule has 5 atom stereocenters. The maximum absolute atomic E-state index is 12.6. The van der Waals surface area contributed by atoms with Gasteiger partial charge in [0.1, 0.15) is 0 Å². The number of amides is 8. The summed E-state index contributed by atoms with van der Waals surface area (Å²) in [5, 5.41) is 28.8. The molecule has 0 radical (unpaired) electrons. The minimum Gasteiger partial charge on any atom is 0 e. The summed E-state index contributed by atoms with van der Waals surface area (Å²) in [6, 6.07) is 10.3. The van der Waals surface area contributed by atoms with E-state index in [1.54, 1.807) is 18.2 Å². The van der Waals surface area contributed by atoms with Crippen molar-refractivity contribution in [3.05, 3.63) is 96.3 Å². The maximum atomic E-state index is 12.6. The summed E-state index contributed by atoms with van der Waals surface area (Å²) in [5.41, 5.74) is 5.46. The minimum atomic E-state index is -3.27. The summed E-state index contributed by atoms with van der Waals surface area (Å²) in [4.78, 5) is 127. The number of benzene rings is 3. The van der Waals surface area contributed by atoms with Crippen LogP contribution in [0.3, 0.4) is 0 Å². The Morgan fingerprint density at radius 1 is 0.625 bits per heavy atom. The number of aromatic nitrogens is 1. The van der Waals surface area contributed by atoms with Gasteiger partial charge < -0.3 is 5.48 Å². The fraction of sp³-hybridized carbons (Fsp3) is 0.250. The molecule has 336 valence electrons. The van der Waals surface area contributed by atoms with E-state index in [-0.39, 0.29) is 95.2 Å². The maximum Gasteiger partial charge on any atom is 0 e. The van der Waals surface area contributed by atoms with Crippen molar-refractivity contribution in [2.75, 3.05) is 5.73 Å². The van der Waals surface area contributed by atoms with Crippen LogP contribution in [-0.4, -0.2) is 129 Å². The predicted molar refractivity (Wildman–Crippen MR) is 220 cm³/mol. The second kappa shape index (κ2) is 18.5. The van der Waals surface area contributed by atoms with Gasteiger partial charge in [-0.3, -0.25) is 0 Å². The summed E-state index contributed by atoms with van der Waals surface area (Å²) < 4.78 is 29.1. The third kappa shape index (κ3) is 8.49. The number of hydrogen-bond acceptors (Lipinski definition) is 16. The van der Waals surface area contributed by atoms with Gasteiger partial charge in [-0.1, -0.05) is 0 Å². The first-order valence-corrected chi connectivity index (χ1v) is 24.6. The molecule has 8 amide bonds. The number of carbonyl (C=O) groups is 8. The Labute approximate surface area is 372 Å². The number of nitrogens with two attached hydrogens (primary N) is 1. The molecule has 25 nitrogen and oxygen atoms in total. The molecular formula is C36H33N9O16Se3. The quantitative estimate of drug-likeness (QED) is 0.0509. The van der Waals surface area contributed by atoms with Crippen LogP contribution in [0.1, 0.15) is 66.7 Å². The zero-order valence-corrected chi connectivity index (χ0v) is 37.5. The Kier molecular flexibility index (Phi) is 13.5. The van der Waals surface area contributed by atoms with Gasteiger partial charge in [0.2, 0.25) is 0 Å². The van der Waals surface area contributed by atoms with Crippen LogP contribution in [0.4, 0.5) is 17.1 Å². The van der Waals surface area contributed by atoms with Gasteiger partial charge in [-0.15, -0.1) is 0 Å². The zero-order valence-electron chi connectivity index (χ0n) is 32.3. The van der Waals surface area contributed by atoms with Gasteiger partial charge in [0.15, 0.2) is 0 Å². The molecule has 0 bridgehead atoms. The summed E-state index contributed by atoms with van der Waals surface area (Å²) in [5.74, 6) is -4.13. The van der Waals surface area contributed by atoms with E-state index in [1.165, 1.54) is 40.0 Å². The third-order valence-corrected chi connectivity index (χ3v) is 19.3. The number of nitro benzene ring substituents is 2. The average molecular weight is 1080 g/mol. The van der Waals surface area contributed by atoms with Crippen molar-refractivity contribution >= 4 is 126 Å². The molecule has 64 heavy (non-hydrogen) atoms. The normalized spacial score (nSPS) is 22.5. The second-order valence-corrected chi connectivity index (χ2v) is 21.4. The number of piperidine rings is 3. The van der Waals surface area contributed by atoms with Crippen molar-refractivity contribution in [2.24, 2.45) is 0 Å². The van der Waals surface area contributed by atoms with E-state index in [0.29, 0.717) is 14.4 Å². The summed E-state index contributed by atoms with van der Waals surface area (Å²) in [6.07, 6.45) is 0.810. The van der Waals surface area contributed by atoms with Gasteiger partial charge in [-0.25, -0.2) is 0 Å². The first-order chi connectivity index (χ1) is 29.9. The van der Waals surface area contributed by atoms with E-state index in [4.69, 9.17) is 5.73 Å². The number of nitrogen functional groups attached to an aromatic ring is 1. The molecule has 5 aliphatic heterocycles. The molecule has 0 saturated carbocycles. The van der Waals surface area contributed by atoms with E-state index >= 15 is 0 Å². The number of nitrogens with one attached hydrogen (secondary N) is 3. The average Bonchev–Trinajstić information content (AvgIpc) is 3.80. The molecule has 3 saturated heterocycles. The fourth-order valence-corrected chi connectivity index (χ4v) is 16.0. The van der Waals surface area contributed by atoms with Crippen molar-refractivity contribution in [3.63, 3.8) is 0 Å². The smallest absolute Gasteiger partial charge is 0 e.